The SMILES string of the molecule is O=C(CNCC1CC1)Nc1ccc2nc(N3CCCC3)sc2c1. The molecule has 1 aliphatic carbocycles. The van der Waals surface area contributed by atoms with Gasteiger partial charge in [-0.15, -0.1) is 0 Å². The van der Waals surface area contributed by atoms with Crippen molar-refractivity contribution >= 4 is 38.3 Å². The van der Waals surface area contributed by atoms with E-state index in [0.29, 0.717) is 6.54 Å². The number of nitrogens with zero attached hydrogens (tertiary/aromatic N) is 2. The summed E-state index contributed by atoms with van der Waals surface area (Å²) >= 11 is 1.71. The van der Waals surface area contributed by atoms with E-state index in [1.165, 1.54) is 25.7 Å². The van der Waals surface area contributed by atoms with Crippen molar-refractivity contribution in [2.75, 3.05) is 36.4 Å². The number of benzene rings is 1. The molecular formula is C17H22N4OS. The zero-order valence-electron chi connectivity index (χ0n) is 13.2. The van der Waals surface area contributed by atoms with Gasteiger partial charge in [0.2, 0.25) is 5.91 Å². The van der Waals surface area contributed by atoms with Crippen molar-refractivity contribution in [1.29, 1.82) is 0 Å². The molecule has 0 unspecified atom stereocenters. The molecule has 0 radical (unpaired) electrons. The van der Waals surface area contributed by atoms with Crippen molar-refractivity contribution < 1.29 is 4.79 Å². The first-order chi connectivity index (χ1) is 11.3. The van der Waals surface area contributed by atoms with Gasteiger partial charge in [0, 0.05) is 18.8 Å². The van der Waals surface area contributed by atoms with Crippen molar-refractivity contribution in [2.45, 2.75) is 25.7 Å². The molecule has 2 fully saturated rings. The number of rotatable bonds is 6. The van der Waals surface area contributed by atoms with E-state index >= 15 is 0 Å². The van der Waals surface area contributed by atoms with E-state index in [4.69, 9.17) is 4.98 Å². The molecule has 1 aromatic carbocycles. The molecule has 4 rings (SSSR count). The summed E-state index contributed by atoms with van der Waals surface area (Å²) in [4.78, 5) is 19.0. The van der Waals surface area contributed by atoms with Crippen molar-refractivity contribution in [1.82, 2.24) is 10.3 Å². The maximum atomic E-state index is 12.0. The summed E-state index contributed by atoms with van der Waals surface area (Å²) in [6.07, 6.45) is 5.11. The van der Waals surface area contributed by atoms with Crippen LogP contribution in [0.15, 0.2) is 18.2 Å². The summed E-state index contributed by atoms with van der Waals surface area (Å²) in [5.41, 5.74) is 1.87. The quantitative estimate of drug-likeness (QED) is 0.855. The Morgan fingerprint density at radius 2 is 2.13 bits per heavy atom. The largest absolute Gasteiger partial charge is 0.348 e. The van der Waals surface area contributed by atoms with Crippen LogP contribution in [0.4, 0.5) is 10.8 Å². The van der Waals surface area contributed by atoms with Crippen molar-refractivity contribution in [3.63, 3.8) is 0 Å². The van der Waals surface area contributed by atoms with E-state index in [1.54, 1.807) is 11.3 Å². The van der Waals surface area contributed by atoms with E-state index in [9.17, 15) is 4.79 Å². The normalized spacial score (nSPS) is 17.8. The third-order valence-electron chi connectivity index (χ3n) is 4.45. The molecule has 1 amide bonds. The minimum absolute atomic E-state index is 0.0225. The van der Waals surface area contributed by atoms with Crippen LogP contribution < -0.4 is 15.5 Å². The molecule has 2 aromatic rings. The average molecular weight is 330 g/mol. The fraction of sp³-hybridized carbons (Fsp3) is 0.529. The van der Waals surface area contributed by atoms with Gasteiger partial charge < -0.3 is 15.5 Å². The number of carbonyl (C=O) groups excluding carboxylic acids is 1. The van der Waals surface area contributed by atoms with Crippen LogP contribution in [0.3, 0.4) is 0 Å². The molecule has 1 aromatic heterocycles. The predicted molar refractivity (Wildman–Crippen MR) is 95.3 cm³/mol. The van der Waals surface area contributed by atoms with Gasteiger partial charge in [-0.05, 0) is 56.3 Å². The molecule has 2 aliphatic rings. The molecule has 2 N–H and O–H groups in total. The Kier molecular flexibility index (Phi) is 4.18. The van der Waals surface area contributed by atoms with Gasteiger partial charge in [-0.25, -0.2) is 4.98 Å². The summed E-state index contributed by atoms with van der Waals surface area (Å²) < 4.78 is 1.13. The van der Waals surface area contributed by atoms with Crippen LogP contribution in [0, 0.1) is 5.92 Å². The van der Waals surface area contributed by atoms with Crippen molar-refractivity contribution in [3.8, 4) is 0 Å². The molecule has 122 valence electrons. The Morgan fingerprint density at radius 3 is 2.91 bits per heavy atom. The predicted octanol–water partition coefficient (Wildman–Crippen LogP) is 2.83. The monoisotopic (exact) mass is 330 g/mol. The summed E-state index contributed by atoms with van der Waals surface area (Å²) in [5.74, 6) is 0.814. The number of fused-ring (bicyclic) bond motifs is 1. The maximum Gasteiger partial charge on any atom is 0.238 e. The van der Waals surface area contributed by atoms with Crippen LogP contribution in [-0.2, 0) is 4.79 Å². The van der Waals surface area contributed by atoms with Gasteiger partial charge in [0.25, 0.3) is 0 Å². The highest BCUT2D eigenvalue weighted by molar-refractivity contribution is 7.22. The highest BCUT2D eigenvalue weighted by atomic mass is 32.1. The Hall–Kier alpha value is -1.66. The highest BCUT2D eigenvalue weighted by Gasteiger charge is 2.20. The first-order valence-corrected chi connectivity index (χ1v) is 9.26. The minimum atomic E-state index is 0.0225. The first kappa shape index (κ1) is 14.9. The Balaban J connectivity index is 1.39. The van der Waals surface area contributed by atoms with Crippen LogP contribution in [0.5, 0.6) is 0 Å². The molecule has 1 saturated heterocycles. The van der Waals surface area contributed by atoms with Crippen LogP contribution in [0.2, 0.25) is 0 Å². The lowest BCUT2D eigenvalue weighted by Crippen LogP contribution is -2.29. The van der Waals surface area contributed by atoms with Crippen molar-refractivity contribution in [2.24, 2.45) is 5.92 Å². The van der Waals surface area contributed by atoms with Gasteiger partial charge in [-0.2, -0.15) is 0 Å². The summed E-state index contributed by atoms with van der Waals surface area (Å²) in [7, 11) is 0. The number of amides is 1. The van der Waals surface area contributed by atoms with Gasteiger partial charge in [-0.3, -0.25) is 4.79 Å². The third kappa shape index (κ3) is 3.64. The number of hydrogen-bond acceptors (Lipinski definition) is 5. The molecule has 0 bridgehead atoms. The Labute approximate surface area is 140 Å². The Bertz CT molecular complexity index is 704. The van der Waals surface area contributed by atoms with Crippen LogP contribution in [0.1, 0.15) is 25.7 Å². The molecule has 23 heavy (non-hydrogen) atoms. The standard InChI is InChI=1S/C17H22N4OS/c22-16(11-18-10-12-3-4-12)19-13-5-6-14-15(9-13)23-17(20-14)21-7-1-2-8-21/h5-6,9,12,18H,1-4,7-8,10-11H2,(H,19,22). The second-order valence-corrected chi connectivity index (χ2v) is 7.50. The fourth-order valence-corrected chi connectivity index (χ4v) is 4.01. The minimum Gasteiger partial charge on any atom is -0.348 e. The number of aromatic nitrogens is 1. The molecule has 1 aliphatic heterocycles. The van der Waals surface area contributed by atoms with E-state index < -0.39 is 0 Å². The van der Waals surface area contributed by atoms with E-state index in [1.807, 2.05) is 18.2 Å². The van der Waals surface area contributed by atoms with Crippen LogP contribution in [-0.4, -0.2) is 37.1 Å². The molecule has 2 heterocycles. The van der Waals surface area contributed by atoms with Crippen LogP contribution >= 0.6 is 11.3 Å². The number of thiazole rings is 1. The number of carbonyl (C=O) groups is 1. The smallest absolute Gasteiger partial charge is 0.238 e. The number of anilines is 2. The Morgan fingerprint density at radius 1 is 1.30 bits per heavy atom. The lowest BCUT2D eigenvalue weighted by Gasteiger charge is -2.11. The average Bonchev–Trinajstić information content (AvgIpc) is 3.04. The van der Waals surface area contributed by atoms with Crippen LogP contribution in [0.25, 0.3) is 10.2 Å². The van der Waals surface area contributed by atoms with Gasteiger partial charge in [0.05, 0.1) is 16.8 Å². The molecule has 0 spiro atoms. The maximum absolute atomic E-state index is 12.0. The van der Waals surface area contributed by atoms with E-state index in [0.717, 1.165) is 46.6 Å². The summed E-state index contributed by atoms with van der Waals surface area (Å²) in [6, 6.07) is 5.97. The lowest BCUT2D eigenvalue weighted by molar-refractivity contribution is -0.115. The first-order valence-electron chi connectivity index (χ1n) is 8.44. The second-order valence-electron chi connectivity index (χ2n) is 6.50. The molecule has 6 heteroatoms. The van der Waals surface area contributed by atoms with E-state index in [-0.39, 0.29) is 5.91 Å². The molecule has 0 atom stereocenters. The van der Waals surface area contributed by atoms with Gasteiger partial charge in [0.15, 0.2) is 5.13 Å². The summed E-state index contributed by atoms with van der Waals surface area (Å²) in [5, 5.41) is 7.29. The van der Waals surface area contributed by atoms with E-state index in [2.05, 4.69) is 15.5 Å². The summed E-state index contributed by atoms with van der Waals surface area (Å²) in [6.45, 7) is 3.56. The molecule has 5 nitrogen and oxygen atoms in total. The third-order valence-corrected chi connectivity index (χ3v) is 5.53. The number of nitrogens with one attached hydrogen (secondary N) is 2. The van der Waals surface area contributed by atoms with Gasteiger partial charge >= 0.3 is 0 Å². The fourth-order valence-electron chi connectivity index (χ4n) is 2.95. The van der Waals surface area contributed by atoms with Gasteiger partial charge in [-0.1, -0.05) is 11.3 Å². The van der Waals surface area contributed by atoms with Gasteiger partial charge in [0.1, 0.15) is 0 Å². The topological polar surface area (TPSA) is 57.3 Å². The zero-order valence-corrected chi connectivity index (χ0v) is 14.0. The number of hydrogen-bond donors (Lipinski definition) is 2. The zero-order chi connectivity index (χ0) is 15.6. The second kappa shape index (κ2) is 6.45. The molecular weight excluding hydrogens is 308 g/mol. The van der Waals surface area contributed by atoms with Crippen molar-refractivity contribution in [3.05, 3.63) is 18.2 Å². The lowest BCUT2D eigenvalue weighted by atomic mass is 10.3. The highest BCUT2D eigenvalue weighted by Crippen LogP contribution is 2.32. The molecule has 1 saturated carbocycles.